The minimum atomic E-state index is -0.591. The van der Waals surface area contributed by atoms with Crippen molar-refractivity contribution in [3.05, 3.63) is 35.4 Å². The first-order chi connectivity index (χ1) is 7.57. The summed E-state index contributed by atoms with van der Waals surface area (Å²) in [6.45, 7) is 1.84. The molecule has 1 aliphatic rings. The quantitative estimate of drug-likeness (QED) is 0.582. The molecule has 0 atom stereocenters. The molecule has 0 fully saturated rings. The molecule has 0 saturated carbocycles. The van der Waals surface area contributed by atoms with Gasteiger partial charge in [0.1, 0.15) is 0 Å². The van der Waals surface area contributed by atoms with Crippen molar-refractivity contribution >= 4 is 24.1 Å². The van der Waals surface area contributed by atoms with E-state index in [1.165, 1.54) is 0 Å². The van der Waals surface area contributed by atoms with Crippen LogP contribution in [0.5, 0.6) is 0 Å². The van der Waals surface area contributed by atoms with Gasteiger partial charge in [-0.1, -0.05) is 31.2 Å². The van der Waals surface area contributed by atoms with Crippen LogP contribution in [0.1, 0.15) is 18.1 Å². The second-order valence-corrected chi connectivity index (χ2v) is 4.77. The lowest BCUT2D eigenvalue weighted by Gasteiger charge is -2.23. The monoisotopic (exact) mass is 237 g/mol. The van der Waals surface area contributed by atoms with Crippen molar-refractivity contribution in [2.75, 3.05) is 0 Å². The van der Waals surface area contributed by atoms with E-state index < -0.39 is 5.41 Å². The molecule has 1 aromatic rings. The molecule has 1 aromatic carbocycles. The smallest absolute Gasteiger partial charge is 0.250 e. The molecular formula is C12H12ClNO2. The summed E-state index contributed by atoms with van der Waals surface area (Å²) in [4.78, 5) is 22.4. The first-order valence-corrected chi connectivity index (χ1v) is 5.42. The first-order valence-electron chi connectivity index (χ1n) is 5.08. The van der Waals surface area contributed by atoms with Gasteiger partial charge in [-0.2, -0.15) is 4.42 Å². The molecule has 0 spiro atoms. The lowest BCUT2D eigenvalue weighted by atomic mass is 9.86. The maximum Gasteiger partial charge on any atom is 0.250 e. The highest BCUT2D eigenvalue weighted by Gasteiger charge is 2.41. The van der Waals surface area contributed by atoms with Gasteiger partial charge in [0.2, 0.25) is 12.3 Å². The fourth-order valence-electron chi connectivity index (χ4n) is 2.26. The molecule has 0 bridgehead atoms. The standard InChI is InChI=1S/C12H12ClNO2/c1-12(11(16)14(13)8-15)6-9-4-2-3-5-10(9)7-12/h2-5,8H,6-7H2,1H3. The van der Waals surface area contributed by atoms with E-state index in [1.54, 1.807) is 0 Å². The van der Waals surface area contributed by atoms with Gasteiger partial charge in [0.15, 0.2) is 0 Å². The maximum absolute atomic E-state index is 11.9. The topological polar surface area (TPSA) is 37.4 Å². The summed E-state index contributed by atoms with van der Waals surface area (Å²) in [7, 11) is 0. The third kappa shape index (κ3) is 1.71. The number of rotatable bonds is 2. The number of carbonyl (C=O) groups excluding carboxylic acids is 2. The van der Waals surface area contributed by atoms with Gasteiger partial charge in [-0.15, -0.1) is 0 Å². The predicted octanol–water partition coefficient (Wildman–Crippen LogP) is 1.93. The van der Waals surface area contributed by atoms with Crippen molar-refractivity contribution in [3.63, 3.8) is 0 Å². The van der Waals surface area contributed by atoms with Crippen molar-refractivity contribution < 1.29 is 9.59 Å². The van der Waals surface area contributed by atoms with Gasteiger partial charge in [0.05, 0.1) is 5.41 Å². The summed E-state index contributed by atoms with van der Waals surface area (Å²) in [5, 5.41) is 0. The highest BCUT2D eigenvalue weighted by atomic mass is 35.5. The zero-order valence-electron chi connectivity index (χ0n) is 8.94. The molecule has 4 heteroatoms. The largest absolute Gasteiger partial charge is 0.277 e. The summed E-state index contributed by atoms with van der Waals surface area (Å²) < 4.78 is 0.617. The summed E-state index contributed by atoms with van der Waals surface area (Å²) in [6, 6.07) is 7.92. The lowest BCUT2D eigenvalue weighted by Crippen LogP contribution is -2.37. The van der Waals surface area contributed by atoms with Crippen molar-refractivity contribution in [1.29, 1.82) is 0 Å². The van der Waals surface area contributed by atoms with Gasteiger partial charge in [-0.05, 0) is 24.0 Å². The highest BCUT2D eigenvalue weighted by Crippen LogP contribution is 2.38. The Morgan fingerprint density at radius 2 is 1.88 bits per heavy atom. The third-order valence-corrected chi connectivity index (χ3v) is 3.32. The fourth-order valence-corrected chi connectivity index (χ4v) is 2.47. The summed E-state index contributed by atoms with van der Waals surface area (Å²) in [5.41, 5.74) is 1.73. The Bertz CT molecular complexity index is 419. The second-order valence-electron chi connectivity index (χ2n) is 4.40. The van der Waals surface area contributed by atoms with Crippen LogP contribution >= 0.6 is 11.8 Å². The molecule has 0 heterocycles. The van der Waals surface area contributed by atoms with Crippen LogP contribution in [-0.4, -0.2) is 16.7 Å². The van der Waals surface area contributed by atoms with Crippen molar-refractivity contribution in [3.8, 4) is 0 Å². The number of fused-ring (bicyclic) bond motifs is 1. The van der Waals surface area contributed by atoms with E-state index in [0.717, 1.165) is 11.1 Å². The van der Waals surface area contributed by atoms with Crippen LogP contribution in [0.15, 0.2) is 24.3 Å². The van der Waals surface area contributed by atoms with E-state index in [1.807, 2.05) is 31.2 Å². The molecule has 0 aromatic heterocycles. The van der Waals surface area contributed by atoms with Crippen molar-refractivity contribution in [2.45, 2.75) is 19.8 Å². The third-order valence-electron chi connectivity index (χ3n) is 3.08. The Morgan fingerprint density at radius 3 is 2.31 bits per heavy atom. The number of carbonyl (C=O) groups is 2. The number of nitrogens with zero attached hydrogens (tertiary/aromatic N) is 1. The van der Waals surface area contributed by atoms with Crippen LogP contribution in [-0.2, 0) is 22.4 Å². The van der Waals surface area contributed by atoms with Gasteiger partial charge in [0.25, 0.3) is 0 Å². The van der Waals surface area contributed by atoms with Crippen LogP contribution in [0.3, 0.4) is 0 Å². The second kappa shape index (κ2) is 3.91. The van der Waals surface area contributed by atoms with E-state index in [2.05, 4.69) is 0 Å². The number of hydrogen-bond acceptors (Lipinski definition) is 2. The van der Waals surface area contributed by atoms with Gasteiger partial charge in [0, 0.05) is 11.8 Å². The number of imide groups is 1. The first kappa shape index (κ1) is 11.1. The molecule has 0 N–H and O–H groups in total. The van der Waals surface area contributed by atoms with Crippen molar-refractivity contribution in [1.82, 2.24) is 4.42 Å². The Kier molecular flexibility index (Phi) is 2.72. The maximum atomic E-state index is 11.9. The van der Waals surface area contributed by atoms with E-state index in [0.29, 0.717) is 23.7 Å². The number of halogens is 1. The molecule has 84 valence electrons. The zero-order chi connectivity index (χ0) is 11.8. The summed E-state index contributed by atoms with van der Waals surface area (Å²) >= 11 is 5.54. The number of amides is 2. The van der Waals surface area contributed by atoms with Crippen LogP contribution < -0.4 is 0 Å². The lowest BCUT2D eigenvalue weighted by molar-refractivity contribution is -0.139. The molecule has 3 nitrogen and oxygen atoms in total. The SMILES string of the molecule is CC1(C(=O)N(Cl)C=O)Cc2ccccc2C1. The van der Waals surface area contributed by atoms with Crippen LogP contribution in [0.4, 0.5) is 0 Å². The van der Waals surface area contributed by atoms with E-state index in [4.69, 9.17) is 11.8 Å². The molecule has 0 aliphatic heterocycles. The number of benzene rings is 1. The molecule has 0 radical (unpaired) electrons. The van der Waals surface area contributed by atoms with E-state index in [-0.39, 0.29) is 5.91 Å². The Morgan fingerprint density at radius 1 is 1.38 bits per heavy atom. The van der Waals surface area contributed by atoms with Crippen LogP contribution in [0.25, 0.3) is 0 Å². The van der Waals surface area contributed by atoms with E-state index >= 15 is 0 Å². The zero-order valence-corrected chi connectivity index (χ0v) is 9.70. The Balaban J connectivity index is 2.26. The molecular weight excluding hydrogens is 226 g/mol. The normalized spacial score (nSPS) is 16.6. The molecule has 1 aliphatic carbocycles. The fraction of sp³-hybridized carbons (Fsp3) is 0.333. The highest BCUT2D eigenvalue weighted by molar-refractivity contribution is 6.27. The van der Waals surface area contributed by atoms with Gasteiger partial charge in [-0.25, -0.2) is 0 Å². The molecule has 2 rings (SSSR count). The minimum absolute atomic E-state index is 0.333. The van der Waals surface area contributed by atoms with Crippen molar-refractivity contribution in [2.24, 2.45) is 5.41 Å². The summed E-state index contributed by atoms with van der Waals surface area (Å²) in [5.74, 6) is -0.333. The van der Waals surface area contributed by atoms with Gasteiger partial charge < -0.3 is 0 Å². The average Bonchev–Trinajstić information content (AvgIpc) is 2.64. The average molecular weight is 238 g/mol. The molecule has 16 heavy (non-hydrogen) atoms. The number of hydrogen-bond donors (Lipinski definition) is 0. The predicted molar refractivity (Wildman–Crippen MR) is 60.7 cm³/mol. The van der Waals surface area contributed by atoms with Gasteiger partial charge in [-0.3, -0.25) is 9.59 Å². The molecule has 0 unspecified atom stereocenters. The molecule has 0 saturated heterocycles. The summed E-state index contributed by atoms with van der Waals surface area (Å²) in [6.07, 6.45) is 1.62. The molecule has 2 amide bonds. The van der Waals surface area contributed by atoms with Crippen LogP contribution in [0, 0.1) is 5.41 Å². The van der Waals surface area contributed by atoms with E-state index in [9.17, 15) is 9.59 Å². The Labute approximate surface area is 99.1 Å². The minimum Gasteiger partial charge on any atom is -0.277 e. The van der Waals surface area contributed by atoms with Gasteiger partial charge >= 0.3 is 0 Å². The van der Waals surface area contributed by atoms with Crippen LogP contribution in [0.2, 0.25) is 0 Å². The Hall–Kier alpha value is -1.35.